The molecule has 1 aliphatic carbocycles. The van der Waals surface area contributed by atoms with Gasteiger partial charge in [0, 0.05) is 18.5 Å². The molecule has 1 aromatic heterocycles. The van der Waals surface area contributed by atoms with E-state index >= 15 is 0 Å². The highest BCUT2D eigenvalue weighted by atomic mass is 16.1. The summed E-state index contributed by atoms with van der Waals surface area (Å²) in [6, 6.07) is 3.68. The zero-order valence-electron chi connectivity index (χ0n) is 10.2. The minimum Gasteiger partial charge on any atom is -0.384 e. The third-order valence-electron chi connectivity index (χ3n) is 3.53. The van der Waals surface area contributed by atoms with E-state index in [1.165, 1.54) is 25.7 Å². The van der Waals surface area contributed by atoms with E-state index in [0.29, 0.717) is 18.0 Å². The van der Waals surface area contributed by atoms with Crippen LogP contribution >= 0.6 is 0 Å². The Balaban J connectivity index is 1.95. The number of nitrogen functional groups attached to an aromatic ring is 1. The van der Waals surface area contributed by atoms with Crippen LogP contribution in [0.5, 0.6) is 0 Å². The van der Waals surface area contributed by atoms with Gasteiger partial charge in [0.05, 0.1) is 0 Å². The van der Waals surface area contributed by atoms with E-state index in [1.807, 2.05) is 6.07 Å². The fraction of sp³-hybridized carbons (Fsp3) is 0.571. The van der Waals surface area contributed by atoms with Gasteiger partial charge >= 0.3 is 0 Å². The Morgan fingerprint density at radius 3 is 2.65 bits per heavy atom. The topological polar surface area (TPSA) is 56.0 Å². The number of rotatable bonds is 3. The molecule has 0 spiro atoms. The van der Waals surface area contributed by atoms with Gasteiger partial charge in [0.2, 0.25) is 0 Å². The van der Waals surface area contributed by atoms with Gasteiger partial charge in [0.1, 0.15) is 11.6 Å². The van der Waals surface area contributed by atoms with Crippen molar-refractivity contribution in [1.82, 2.24) is 4.98 Å². The van der Waals surface area contributed by atoms with Gasteiger partial charge in [-0.3, -0.25) is 4.79 Å². The lowest BCUT2D eigenvalue weighted by Gasteiger charge is -2.12. The lowest BCUT2D eigenvalue weighted by Crippen LogP contribution is -2.16. The maximum atomic E-state index is 12.2. The highest BCUT2D eigenvalue weighted by Crippen LogP contribution is 2.24. The van der Waals surface area contributed by atoms with Crippen molar-refractivity contribution in [3.05, 3.63) is 23.9 Å². The predicted molar refractivity (Wildman–Crippen MR) is 68.6 cm³/mol. The summed E-state index contributed by atoms with van der Waals surface area (Å²) in [6.07, 6.45) is 9.29. The van der Waals surface area contributed by atoms with Crippen LogP contribution in [-0.4, -0.2) is 10.8 Å². The first-order valence-electron chi connectivity index (χ1n) is 6.49. The van der Waals surface area contributed by atoms with Crippen molar-refractivity contribution in [1.29, 1.82) is 0 Å². The van der Waals surface area contributed by atoms with Gasteiger partial charge in [0.15, 0.2) is 0 Å². The van der Waals surface area contributed by atoms with Gasteiger partial charge in [-0.05, 0) is 30.5 Å². The molecule has 0 atom stereocenters. The molecule has 3 nitrogen and oxygen atoms in total. The summed E-state index contributed by atoms with van der Waals surface area (Å²) in [5, 5.41) is 0. The SMILES string of the molecule is Nc1cc(CC(=O)C2CCCCCC2)ccn1. The molecular weight excluding hydrogens is 212 g/mol. The van der Waals surface area contributed by atoms with E-state index in [2.05, 4.69) is 4.98 Å². The average molecular weight is 232 g/mol. The Labute approximate surface area is 102 Å². The molecule has 1 heterocycles. The van der Waals surface area contributed by atoms with Gasteiger partial charge in [-0.2, -0.15) is 0 Å². The van der Waals surface area contributed by atoms with Gasteiger partial charge < -0.3 is 5.73 Å². The number of nitrogens with zero attached hydrogens (tertiary/aromatic N) is 1. The third kappa shape index (κ3) is 3.55. The van der Waals surface area contributed by atoms with Crippen LogP contribution in [0, 0.1) is 5.92 Å². The fourth-order valence-corrected chi connectivity index (χ4v) is 2.55. The van der Waals surface area contributed by atoms with E-state index in [-0.39, 0.29) is 5.92 Å². The lowest BCUT2D eigenvalue weighted by molar-refractivity contribution is -0.122. The average Bonchev–Trinajstić information content (AvgIpc) is 2.57. The van der Waals surface area contributed by atoms with Gasteiger partial charge in [-0.25, -0.2) is 4.98 Å². The van der Waals surface area contributed by atoms with Gasteiger partial charge in [0.25, 0.3) is 0 Å². The van der Waals surface area contributed by atoms with Crippen LogP contribution in [0.15, 0.2) is 18.3 Å². The molecule has 1 saturated carbocycles. The van der Waals surface area contributed by atoms with Crippen molar-refractivity contribution in [2.24, 2.45) is 5.92 Å². The van der Waals surface area contributed by atoms with Gasteiger partial charge in [-0.1, -0.05) is 25.7 Å². The maximum absolute atomic E-state index is 12.2. The highest BCUT2D eigenvalue weighted by Gasteiger charge is 2.19. The van der Waals surface area contributed by atoms with Crippen LogP contribution < -0.4 is 5.73 Å². The monoisotopic (exact) mass is 232 g/mol. The second-order valence-corrected chi connectivity index (χ2v) is 4.92. The normalized spacial score (nSPS) is 17.6. The van der Waals surface area contributed by atoms with Crippen molar-refractivity contribution in [2.75, 3.05) is 5.73 Å². The number of carbonyl (C=O) groups is 1. The molecule has 17 heavy (non-hydrogen) atoms. The number of carbonyl (C=O) groups excluding carboxylic acids is 1. The van der Waals surface area contributed by atoms with Crippen molar-refractivity contribution in [2.45, 2.75) is 44.9 Å². The minimum absolute atomic E-state index is 0.270. The molecule has 1 aliphatic rings. The largest absolute Gasteiger partial charge is 0.384 e. The van der Waals surface area contributed by atoms with Crippen molar-refractivity contribution in [3.8, 4) is 0 Å². The first-order chi connectivity index (χ1) is 8.25. The van der Waals surface area contributed by atoms with Crippen LogP contribution in [0.4, 0.5) is 5.82 Å². The van der Waals surface area contributed by atoms with E-state index in [9.17, 15) is 4.79 Å². The summed E-state index contributed by atoms with van der Waals surface area (Å²) in [5.74, 6) is 1.14. The number of nitrogens with two attached hydrogens (primary N) is 1. The molecular formula is C14H20N2O. The predicted octanol–water partition coefficient (Wildman–Crippen LogP) is 2.75. The van der Waals surface area contributed by atoms with Crippen molar-refractivity contribution >= 4 is 11.6 Å². The molecule has 0 aromatic carbocycles. The van der Waals surface area contributed by atoms with E-state index in [1.54, 1.807) is 12.3 Å². The Morgan fingerprint density at radius 2 is 2.00 bits per heavy atom. The number of hydrogen-bond donors (Lipinski definition) is 1. The first-order valence-corrected chi connectivity index (χ1v) is 6.49. The van der Waals surface area contributed by atoms with Crippen molar-refractivity contribution < 1.29 is 4.79 Å². The number of Topliss-reactive ketones (excluding diaryl/α,β-unsaturated/α-hetero) is 1. The van der Waals surface area contributed by atoms with Crippen LogP contribution in [0.3, 0.4) is 0 Å². The zero-order valence-corrected chi connectivity index (χ0v) is 10.2. The van der Waals surface area contributed by atoms with E-state index in [4.69, 9.17) is 5.73 Å². The Hall–Kier alpha value is -1.38. The second kappa shape index (κ2) is 5.80. The van der Waals surface area contributed by atoms with Crippen LogP contribution in [-0.2, 0) is 11.2 Å². The van der Waals surface area contributed by atoms with E-state index in [0.717, 1.165) is 18.4 Å². The quantitative estimate of drug-likeness (QED) is 0.815. The smallest absolute Gasteiger partial charge is 0.140 e. The fourth-order valence-electron chi connectivity index (χ4n) is 2.55. The molecule has 0 radical (unpaired) electrons. The minimum atomic E-state index is 0.270. The number of anilines is 1. The standard InChI is InChI=1S/C14H20N2O/c15-14-10-11(7-8-16-14)9-13(17)12-5-3-1-2-4-6-12/h7-8,10,12H,1-6,9H2,(H2,15,16). The Bertz CT molecular complexity index is 382. The number of pyridine rings is 1. The van der Waals surface area contributed by atoms with Crippen LogP contribution in [0.25, 0.3) is 0 Å². The summed E-state index contributed by atoms with van der Waals surface area (Å²) in [4.78, 5) is 16.1. The molecule has 0 bridgehead atoms. The molecule has 1 fully saturated rings. The Kier molecular flexibility index (Phi) is 4.13. The summed E-state index contributed by atoms with van der Waals surface area (Å²) < 4.78 is 0. The zero-order chi connectivity index (χ0) is 12.1. The second-order valence-electron chi connectivity index (χ2n) is 4.92. The molecule has 1 aromatic rings. The molecule has 0 amide bonds. The molecule has 2 rings (SSSR count). The number of aromatic nitrogens is 1. The molecule has 2 N–H and O–H groups in total. The highest BCUT2D eigenvalue weighted by molar-refractivity contribution is 5.83. The number of hydrogen-bond acceptors (Lipinski definition) is 3. The molecule has 0 unspecified atom stereocenters. The first kappa shape index (κ1) is 12.1. The molecule has 3 heteroatoms. The molecule has 92 valence electrons. The maximum Gasteiger partial charge on any atom is 0.140 e. The van der Waals surface area contributed by atoms with Crippen LogP contribution in [0.2, 0.25) is 0 Å². The Morgan fingerprint density at radius 1 is 1.29 bits per heavy atom. The molecule has 0 saturated heterocycles. The third-order valence-corrected chi connectivity index (χ3v) is 3.53. The summed E-state index contributed by atoms with van der Waals surface area (Å²) >= 11 is 0. The van der Waals surface area contributed by atoms with Crippen LogP contribution in [0.1, 0.15) is 44.1 Å². The number of ketones is 1. The van der Waals surface area contributed by atoms with E-state index < -0.39 is 0 Å². The summed E-state index contributed by atoms with van der Waals surface area (Å²) in [5.41, 5.74) is 6.61. The lowest BCUT2D eigenvalue weighted by atomic mass is 9.92. The molecule has 0 aliphatic heterocycles. The summed E-state index contributed by atoms with van der Waals surface area (Å²) in [7, 11) is 0. The summed E-state index contributed by atoms with van der Waals surface area (Å²) in [6.45, 7) is 0. The van der Waals surface area contributed by atoms with Gasteiger partial charge in [-0.15, -0.1) is 0 Å². The van der Waals surface area contributed by atoms with Crippen molar-refractivity contribution in [3.63, 3.8) is 0 Å².